The van der Waals surface area contributed by atoms with Gasteiger partial charge >= 0.3 is 0 Å². The number of benzene rings is 1. The molecule has 0 saturated heterocycles. The van der Waals surface area contributed by atoms with Crippen molar-refractivity contribution in [2.45, 2.75) is 30.5 Å². The molecule has 0 aliphatic heterocycles. The van der Waals surface area contributed by atoms with E-state index in [1.165, 1.54) is 11.1 Å². The van der Waals surface area contributed by atoms with Crippen LogP contribution in [0.25, 0.3) is 0 Å². The van der Waals surface area contributed by atoms with E-state index < -0.39 is 4.32 Å². The number of hydrogen-bond acceptors (Lipinski definition) is 1. The standard InChI is InChI=1S/C13H16BrNO/c1-13(2,14)12(16)15-8-10-7-9-5-3-4-6-11(9)10/h3-6,10H,7-8H2,1-2H3,(H,15,16). The predicted octanol–water partition coefficient (Wildman–Crippen LogP) is 2.62. The van der Waals surface area contributed by atoms with Crippen LogP contribution in [-0.2, 0) is 11.2 Å². The average Bonchev–Trinajstić information content (AvgIpc) is 2.17. The molecule has 16 heavy (non-hydrogen) atoms. The second-order valence-corrected chi connectivity index (χ2v) is 6.76. The Morgan fingerprint density at radius 3 is 2.81 bits per heavy atom. The zero-order valence-electron chi connectivity index (χ0n) is 9.59. The van der Waals surface area contributed by atoms with Crippen LogP contribution >= 0.6 is 15.9 Å². The van der Waals surface area contributed by atoms with Crippen molar-refractivity contribution in [3.8, 4) is 0 Å². The SMILES string of the molecule is CC(C)(Br)C(=O)NCC1Cc2ccccc21. The highest BCUT2D eigenvalue weighted by atomic mass is 79.9. The van der Waals surface area contributed by atoms with E-state index in [0.717, 1.165) is 13.0 Å². The maximum atomic E-state index is 11.7. The zero-order valence-corrected chi connectivity index (χ0v) is 11.2. The summed E-state index contributed by atoms with van der Waals surface area (Å²) < 4.78 is -0.476. The van der Waals surface area contributed by atoms with E-state index in [1.54, 1.807) is 0 Å². The fourth-order valence-corrected chi connectivity index (χ4v) is 2.11. The fraction of sp³-hybridized carbons (Fsp3) is 0.462. The summed E-state index contributed by atoms with van der Waals surface area (Å²) >= 11 is 3.35. The molecule has 0 spiro atoms. The number of amides is 1. The van der Waals surface area contributed by atoms with Crippen LogP contribution in [0.3, 0.4) is 0 Å². The highest BCUT2D eigenvalue weighted by molar-refractivity contribution is 9.10. The molecule has 0 fully saturated rings. The molecule has 1 unspecified atom stereocenters. The Kier molecular flexibility index (Phi) is 3.06. The molecule has 1 aliphatic carbocycles. The molecule has 1 N–H and O–H groups in total. The minimum atomic E-state index is -0.476. The topological polar surface area (TPSA) is 29.1 Å². The Balaban J connectivity index is 1.89. The lowest BCUT2D eigenvalue weighted by atomic mass is 9.77. The fourth-order valence-electron chi connectivity index (χ4n) is 1.97. The van der Waals surface area contributed by atoms with Crippen LogP contribution in [0.5, 0.6) is 0 Å². The van der Waals surface area contributed by atoms with Gasteiger partial charge in [0.25, 0.3) is 0 Å². The first kappa shape index (κ1) is 11.6. The molecular weight excluding hydrogens is 266 g/mol. The zero-order chi connectivity index (χ0) is 11.8. The lowest BCUT2D eigenvalue weighted by Crippen LogP contribution is -2.41. The van der Waals surface area contributed by atoms with E-state index in [4.69, 9.17) is 0 Å². The molecule has 2 rings (SSSR count). The van der Waals surface area contributed by atoms with Gasteiger partial charge in [0.2, 0.25) is 5.91 Å². The highest BCUT2D eigenvalue weighted by Gasteiger charge is 2.28. The molecule has 3 heteroatoms. The molecular formula is C13H16BrNO. The number of alkyl halides is 1. The van der Waals surface area contributed by atoms with Crippen molar-refractivity contribution in [3.05, 3.63) is 35.4 Å². The lowest BCUT2D eigenvalue weighted by Gasteiger charge is -2.31. The molecule has 2 nitrogen and oxygen atoms in total. The maximum Gasteiger partial charge on any atom is 0.236 e. The van der Waals surface area contributed by atoms with Gasteiger partial charge in [0.05, 0.1) is 4.32 Å². The monoisotopic (exact) mass is 281 g/mol. The number of halogens is 1. The van der Waals surface area contributed by atoms with Gasteiger partial charge in [-0.15, -0.1) is 0 Å². The number of nitrogens with one attached hydrogen (secondary N) is 1. The summed E-state index contributed by atoms with van der Waals surface area (Å²) in [7, 11) is 0. The Hall–Kier alpha value is -0.830. The summed E-state index contributed by atoms with van der Waals surface area (Å²) in [6.45, 7) is 4.46. The van der Waals surface area contributed by atoms with Crippen molar-refractivity contribution in [1.82, 2.24) is 5.32 Å². The van der Waals surface area contributed by atoms with E-state index in [9.17, 15) is 4.79 Å². The van der Waals surface area contributed by atoms with Gasteiger partial charge in [0, 0.05) is 12.5 Å². The van der Waals surface area contributed by atoms with E-state index in [0.29, 0.717) is 5.92 Å². The number of carbonyl (C=O) groups excluding carboxylic acids is 1. The first-order valence-corrected chi connectivity index (χ1v) is 6.33. The Morgan fingerprint density at radius 2 is 2.19 bits per heavy atom. The molecule has 0 aromatic heterocycles. The Morgan fingerprint density at radius 1 is 1.50 bits per heavy atom. The third-order valence-electron chi connectivity index (χ3n) is 3.01. The normalized spacial score (nSPS) is 18.6. The summed E-state index contributed by atoms with van der Waals surface area (Å²) in [6.07, 6.45) is 1.08. The van der Waals surface area contributed by atoms with Crippen LogP contribution < -0.4 is 5.32 Å². The second kappa shape index (κ2) is 4.21. The van der Waals surface area contributed by atoms with Crippen molar-refractivity contribution >= 4 is 21.8 Å². The van der Waals surface area contributed by atoms with Crippen LogP contribution in [0.2, 0.25) is 0 Å². The smallest absolute Gasteiger partial charge is 0.236 e. The van der Waals surface area contributed by atoms with Crippen molar-refractivity contribution in [3.63, 3.8) is 0 Å². The lowest BCUT2D eigenvalue weighted by molar-refractivity contribution is -0.122. The third-order valence-corrected chi connectivity index (χ3v) is 3.37. The highest BCUT2D eigenvalue weighted by Crippen LogP contribution is 2.34. The van der Waals surface area contributed by atoms with Gasteiger partial charge < -0.3 is 5.32 Å². The minimum Gasteiger partial charge on any atom is -0.354 e. The molecule has 1 aromatic carbocycles. The molecule has 1 aromatic rings. The largest absolute Gasteiger partial charge is 0.354 e. The number of carbonyl (C=O) groups is 1. The van der Waals surface area contributed by atoms with E-state index in [-0.39, 0.29) is 5.91 Å². The van der Waals surface area contributed by atoms with Crippen molar-refractivity contribution in [1.29, 1.82) is 0 Å². The molecule has 0 radical (unpaired) electrons. The van der Waals surface area contributed by atoms with Gasteiger partial charge in [-0.05, 0) is 31.4 Å². The van der Waals surface area contributed by atoms with Crippen LogP contribution in [-0.4, -0.2) is 16.8 Å². The summed E-state index contributed by atoms with van der Waals surface area (Å²) in [4.78, 5) is 11.7. The summed E-state index contributed by atoms with van der Waals surface area (Å²) in [5, 5.41) is 2.98. The molecule has 1 amide bonds. The van der Waals surface area contributed by atoms with Gasteiger partial charge in [-0.3, -0.25) is 4.79 Å². The number of rotatable bonds is 3. The van der Waals surface area contributed by atoms with Crippen LogP contribution in [0, 0.1) is 0 Å². The van der Waals surface area contributed by atoms with E-state index in [2.05, 4.69) is 45.5 Å². The minimum absolute atomic E-state index is 0.0527. The van der Waals surface area contributed by atoms with E-state index >= 15 is 0 Å². The molecule has 0 bridgehead atoms. The molecule has 0 heterocycles. The maximum absolute atomic E-state index is 11.7. The third kappa shape index (κ3) is 2.29. The summed E-state index contributed by atoms with van der Waals surface area (Å²) in [6, 6.07) is 8.42. The second-order valence-electron chi connectivity index (χ2n) is 4.78. The van der Waals surface area contributed by atoms with E-state index in [1.807, 2.05) is 13.8 Å². The van der Waals surface area contributed by atoms with Crippen LogP contribution in [0.15, 0.2) is 24.3 Å². The van der Waals surface area contributed by atoms with Crippen LogP contribution in [0.1, 0.15) is 30.9 Å². The number of hydrogen-bond donors (Lipinski definition) is 1. The Labute approximate surface area is 105 Å². The average molecular weight is 282 g/mol. The van der Waals surface area contributed by atoms with Gasteiger partial charge in [0.15, 0.2) is 0 Å². The molecule has 1 atom stereocenters. The Bertz CT molecular complexity index is 409. The van der Waals surface area contributed by atoms with Gasteiger partial charge in [-0.2, -0.15) is 0 Å². The molecule has 0 saturated carbocycles. The molecule has 1 aliphatic rings. The quantitative estimate of drug-likeness (QED) is 0.848. The summed E-state index contributed by atoms with van der Waals surface area (Å²) in [5.41, 5.74) is 2.80. The van der Waals surface area contributed by atoms with Gasteiger partial charge in [-0.25, -0.2) is 0 Å². The molecule has 86 valence electrons. The van der Waals surface area contributed by atoms with Crippen molar-refractivity contribution in [2.24, 2.45) is 0 Å². The number of fused-ring (bicyclic) bond motifs is 1. The predicted molar refractivity (Wildman–Crippen MR) is 68.9 cm³/mol. The first-order valence-electron chi connectivity index (χ1n) is 5.53. The van der Waals surface area contributed by atoms with Crippen molar-refractivity contribution in [2.75, 3.05) is 6.54 Å². The van der Waals surface area contributed by atoms with Crippen LogP contribution in [0.4, 0.5) is 0 Å². The van der Waals surface area contributed by atoms with Gasteiger partial charge in [0.1, 0.15) is 0 Å². The van der Waals surface area contributed by atoms with Crippen molar-refractivity contribution < 1.29 is 4.79 Å². The first-order chi connectivity index (χ1) is 7.48. The summed E-state index contributed by atoms with van der Waals surface area (Å²) in [5.74, 6) is 0.548. The van der Waals surface area contributed by atoms with Gasteiger partial charge in [-0.1, -0.05) is 40.2 Å².